The number of carbonyl (C=O) groups is 3. The topological polar surface area (TPSA) is 95.5 Å². The lowest BCUT2D eigenvalue weighted by Crippen LogP contribution is -2.34. The van der Waals surface area contributed by atoms with E-state index < -0.39 is 18.3 Å². The zero-order chi connectivity index (χ0) is 11.8. The lowest BCUT2D eigenvalue weighted by atomic mass is 10.3. The second-order valence-electron chi connectivity index (χ2n) is 3.39. The molecule has 0 aliphatic rings. The first-order valence-electron chi connectivity index (χ1n) is 4.69. The molecule has 15 heavy (non-hydrogen) atoms. The Morgan fingerprint density at radius 1 is 1.20 bits per heavy atom. The first-order chi connectivity index (χ1) is 6.91. The Labute approximate surface area is 88.0 Å². The van der Waals surface area contributed by atoms with Crippen LogP contribution in [-0.2, 0) is 14.4 Å². The molecule has 86 valence electrons. The SMILES string of the molecule is CC(C)NC(=O)CCNC(=O)CC(=O)O. The van der Waals surface area contributed by atoms with E-state index in [1.165, 1.54) is 0 Å². The van der Waals surface area contributed by atoms with Gasteiger partial charge in [0.25, 0.3) is 0 Å². The van der Waals surface area contributed by atoms with Gasteiger partial charge in [-0.25, -0.2) is 0 Å². The Bertz CT molecular complexity index is 250. The zero-order valence-corrected chi connectivity index (χ0v) is 8.87. The van der Waals surface area contributed by atoms with Crippen LogP contribution >= 0.6 is 0 Å². The molecular weight excluding hydrogens is 200 g/mol. The van der Waals surface area contributed by atoms with Crippen molar-refractivity contribution in [2.45, 2.75) is 32.7 Å². The van der Waals surface area contributed by atoms with E-state index in [-0.39, 0.29) is 24.9 Å². The van der Waals surface area contributed by atoms with Crippen LogP contribution < -0.4 is 10.6 Å². The number of amides is 2. The van der Waals surface area contributed by atoms with E-state index in [9.17, 15) is 14.4 Å². The first-order valence-corrected chi connectivity index (χ1v) is 4.69. The van der Waals surface area contributed by atoms with E-state index in [1.54, 1.807) is 0 Å². The third-order valence-electron chi connectivity index (χ3n) is 1.44. The lowest BCUT2D eigenvalue weighted by molar-refractivity contribution is -0.140. The third-order valence-corrected chi connectivity index (χ3v) is 1.44. The zero-order valence-electron chi connectivity index (χ0n) is 8.87. The van der Waals surface area contributed by atoms with E-state index in [0.717, 1.165) is 0 Å². The molecule has 0 aromatic carbocycles. The Kier molecular flexibility index (Phi) is 6.08. The Morgan fingerprint density at radius 3 is 2.27 bits per heavy atom. The van der Waals surface area contributed by atoms with E-state index in [1.807, 2.05) is 13.8 Å². The molecule has 0 saturated carbocycles. The summed E-state index contributed by atoms with van der Waals surface area (Å²) in [6.07, 6.45) is -0.407. The predicted octanol–water partition coefficient (Wildman–Crippen LogP) is -0.508. The maximum absolute atomic E-state index is 11.1. The highest BCUT2D eigenvalue weighted by molar-refractivity contribution is 5.93. The van der Waals surface area contributed by atoms with Crippen molar-refractivity contribution >= 4 is 17.8 Å². The van der Waals surface area contributed by atoms with Crippen LogP contribution in [0.2, 0.25) is 0 Å². The minimum absolute atomic E-state index is 0.0622. The number of rotatable bonds is 6. The van der Waals surface area contributed by atoms with Gasteiger partial charge in [0.2, 0.25) is 11.8 Å². The maximum Gasteiger partial charge on any atom is 0.312 e. The van der Waals surface area contributed by atoms with Gasteiger partial charge in [-0.15, -0.1) is 0 Å². The predicted molar refractivity (Wildman–Crippen MR) is 53.2 cm³/mol. The standard InChI is InChI=1S/C9H16N2O4/c1-6(2)11-7(12)3-4-10-8(13)5-9(14)15/h6H,3-5H2,1-2H3,(H,10,13)(H,11,12)(H,14,15). The molecule has 0 fully saturated rings. The van der Waals surface area contributed by atoms with Crippen LogP contribution in [0.5, 0.6) is 0 Å². The molecule has 2 amide bonds. The van der Waals surface area contributed by atoms with Crippen LogP contribution in [0.25, 0.3) is 0 Å². The van der Waals surface area contributed by atoms with Crippen LogP contribution in [0.4, 0.5) is 0 Å². The summed E-state index contributed by atoms with van der Waals surface area (Å²) in [5.41, 5.74) is 0. The van der Waals surface area contributed by atoms with Crippen LogP contribution in [0.15, 0.2) is 0 Å². The Balaban J connectivity index is 3.57. The largest absolute Gasteiger partial charge is 0.481 e. The number of carboxylic acids is 1. The average Bonchev–Trinajstić information content (AvgIpc) is 2.00. The van der Waals surface area contributed by atoms with Crippen molar-refractivity contribution in [2.75, 3.05) is 6.54 Å². The van der Waals surface area contributed by atoms with Crippen LogP contribution in [0.3, 0.4) is 0 Å². The van der Waals surface area contributed by atoms with Crippen molar-refractivity contribution in [3.63, 3.8) is 0 Å². The van der Waals surface area contributed by atoms with Gasteiger partial charge in [0.1, 0.15) is 6.42 Å². The van der Waals surface area contributed by atoms with E-state index in [0.29, 0.717) is 0 Å². The molecule has 6 nitrogen and oxygen atoms in total. The van der Waals surface area contributed by atoms with Gasteiger partial charge in [-0.1, -0.05) is 0 Å². The van der Waals surface area contributed by atoms with Gasteiger partial charge in [-0.3, -0.25) is 14.4 Å². The third kappa shape index (κ3) is 8.73. The molecule has 0 aliphatic heterocycles. The number of hydrogen-bond acceptors (Lipinski definition) is 3. The molecule has 3 N–H and O–H groups in total. The molecule has 0 rings (SSSR count). The summed E-state index contributed by atoms with van der Waals surface area (Å²) in [6, 6.07) is 0.0622. The van der Waals surface area contributed by atoms with Crippen molar-refractivity contribution in [3.8, 4) is 0 Å². The first kappa shape index (κ1) is 13.4. The van der Waals surface area contributed by atoms with Gasteiger partial charge in [-0.2, -0.15) is 0 Å². The normalized spacial score (nSPS) is 9.80. The molecule has 0 radical (unpaired) electrons. The molecule has 0 unspecified atom stereocenters. The van der Waals surface area contributed by atoms with Gasteiger partial charge < -0.3 is 15.7 Å². The summed E-state index contributed by atoms with van der Waals surface area (Å²) >= 11 is 0. The Hall–Kier alpha value is -1.59. The van der Waals surface area contributed by atoms with Crippen molar-refractivity contribution in [3.05, 3.63) is 0 Å². The monoisotopic (exact) mass is 216 g/mol. The van der Waals surface area contributed by atoms with Gasteiger partial charge in [0, 0.05) is 19.0 Å². The van der Waals surface area contributed by atoms with Crippen molar-refractivity contribution in [1.29, 1.82) is 0 Å². The second-order valence-corrected chi connectivity index (χ2v) is 3.39. The Morgan fingerprint density at radius 2 is 1.80 bits per heavy atom. The van der Waals surface area contributed by atoms with Crippen LogP contribution in [0, 0.1) is 0 Å². The molecule has 0 aromatic heterocycles. The fraction of sp³-hybridized carbons (Fsp3) is 0.667. The maximum atomic E-state index is 11.1. The van der Waals surface area contributed by atoms with E-state index in [4.69, 9.17) is 5.11 Å². The number of nitrogens with one attached hydrogen (secondary N) is 2. The molecule has 0 atom stereocenters. The lowest BCUT2D eigenvalue weighted by Gasteiger charge is -2.08. The molecule has 6 heteroatoms. The van der Waals surface area contributed by atoms with Crippen LogP contribution in [0.1, 0.15) is 26.7 Å². The van der Waals surface area contributed by atoms with Crippen LogP contribution in [-0.4, -0.2) is 35.5 Å². The minimum atomic E-state index is -1.18. The summed E-state index contributed by atoms with van der Waals surface area (Å²) < 4.78 is 0. The highest BCUT2D eigenvalue weighted by Crippen LogP contribution is 1.84. The van der Waals surface area contributed by atoms with Gasteiger partial charge in [0.15, 0.2) is 0 Å². The van der Waals surface area contributed by atoms with Gasteiger partial charge >= 0.3 is 5.97 Å². The van der Waals surface area contributed by atoms with Crippen molar-refractivity contribution in [1.82, 2.24) is 10.6 Å². The van der Waals surface area contributed by atoms with E-state index in [2.05, 4.69) is 10.6 Å². The highest BCUT2D eigenvalue weighted by atomic mass is 16.4. The fourth-order valence-electron chi connectivity index (χ4n) is 0.909. The molecule has 0 aliphatic carbocycles. The van der Waals surface area contributed by atoms with Crippen molar-refractivity contribution in [2.24, 2.45) is 0 Å². The average molecular weight is 216 g/mol. The van der Waals surface area contributed by atoms with E-state index >= 15 is 0 Å². The molecule has 0 heterocycles. The summed E-state index contributed by atoms with van der Waals surface area (Å²) in [7, 11) is 0. The van der Waals surface area contributed by atoms with Gasteiger partial charge in [0.05, 0.1) is 0 Å². The fourth-order valence-corrected chi connectivity index (χ4v) is 0.909. The highest BCUT2D eigenvalue weighted by Gasteiger charge is 2.08. The molecule has 0 bridgehead atoms. The number of carboxylic acid groups (broad SMARTS) is 1. The second kappa shape index (κ2) is 6.80. The summed E-state index contributed by atoms with van der Waals surface area (Å²) in [5, 5.41) is 13.3. The quantitative estimate of drug-likeness (QED) is 0.521. The number of carbonyl (C=O) groups excluding carboxylic acids is 2. The summed E-state index contributed by atoms with van der Waals surface area (Å²) in [6.45, 7) is 3.83. The summed E-state index contributed by atoms with van der Waals surface area (Å²) in [5.74, 6) is -1.93. The summed E-state index contributed by atoms with van der Waals surface area (Å²) in [4.78, 5) is 32.0. The number of aliphatic carboxylic acids is 1. The smallest absolute Gasteiger partial charge is 0.312 e. The molecule has 0 spiro atoms. The molecular formula is C9H16N2O4. The number of hydrogen-bond donors (Lipinski definition) is 3. The molecule has 0 aromatic rings. The van der Waals surface area contributed by atoms with Gasteiger partial charge in [-0.05, 0) is 13.8 Å². The molecule has 0 saturated heterocycles. The van der Waals surface area contributed by atoms with Crippen molar-refractivity contribution < 1.29 is 19.5 Å². The minimum Gasteiger partial charge on any atom is -0.481 e.